The van der Waals surface area contributed by atoms with Crippen LogP contribution >= 0.6 is 0 Å². The first-order chi connectivity index (χ1) is 16.2. The average Bonchev–Trinajstić information content (AvgIpc) is 3.23. The summed E-state index contributed by atoms with van der Waals surface area (Å²) < 4.78 is 13.6. The van der Waals surface area contributed by atoms with Crippen LogP contribution in [-0.2, 0) is 11.3 Å². The van der Waals surface area contributed by atoms with Crippen LogP contribution in [0.3, 0.4) is 0 Å². The van der Waals surface area contributed by atoms with Gasteiger partial charge in [0.15, 0.2) is 5.82 Å². The third kappa shape index (κ3) is 3.84. The highest BCUT2D eigenvalue weighted by Gasteiger charge is 2.49. The van der Waals surface area contributed by atoms with E-state index in [-0.39, 0.29) is 5.91 Å². The fourth-order valence-electron chi connectivity index (χ4n) is 4.82. The molecular formula is C25H27N5O3. The van der Waals surface area contributed by atoms with Crippen molar-refractivity contribution < 1.29 is 14.3 Å². The Morgan fingerprint density at radius 3 is 2.82 bits per heavy atom. The average molecular weight is 446 g/mol. The van der Waals surface area contributed by atoms with Crippen LogP contribution < -0.4 is 15.0 Å². The summed E-state index contributed by atoms with van der Waals surface area (Å²) in [4.78, 5) is 24.8. The van der Waals surface area contributed by atoms with Crippen molar-refractivity contribution in [3.8, 4) is 17.3 Å². The van der Waals surface area contributed by atoms with Crippen LogP contribution in [0.1, 0.15) is 29.6 Å². The number of fused-ring (bicyclic) bond motifs is 5. The second kappa shape index (κ2) is 8.19. The first kappa shape index (κ1) is 20.2. The Morgan fingerprint density at radius 2 is 1.97 bits per heavy atom. The molecule has 1 amide bonds. The number of rotatable bonds is 1. The second-order valence-electron chi connectivity index (χ2n) is 9.24. The van der Waals surface area contributed by atoms with Crippen molar-refractivity contribution >= 4 is 17.4 Å². The highest BCUT2D eigenvalue weighted by atomic mass is 16.5. The van der Waals surface area contributed by atoms with Crippen LogP contribution in [0.2, 0.25) is 0 Å². The summed E-state index contributed by atoms with van der Waals surface area (Å²) in [5, 5.41) is 2.97. The lowest BCUT2D eigenvalue weighted by Crippen LogP contribution is -2.66. The van der Waals surface area contributed by atoms with Gasteiger partial charge in [-0.2, -0.15) is 0 Å². The fraction of sp³-hybridized carbons (Fsp3) is 0.400. The van der Waals surface area contributed by atoms with E-state index in [0.717, 1.165) is 69.3 Å². The molecule has 0 unspecified atom stereocenters. The van der Waals surface area contributed by atoms with Gasteiger partial charge in [0.2, 0.25) is 0 Å². The number of nitrogens with zero attached hydrogens (tertiary/aromatic N) is 4. The number of pyridine rings is 1. The minimum absolute atomic E-state index is 0.225. The summed E-state index contributed by atoms with van der Waals surface area (Å²) in [6.07, 6.45) is 6.75. The summed E-state index contributed by atoms with van der Waals surface area (Å²) in [5.41, 5.74) is 2.61. The van der Waals surface area contributed by atoms with Crippen LogP contribution in [0.5, 0.6) is 5.75 Å². The van der Waals surface area contributed by atoms with Gasteiger partial charge in [-0.05, 0) is 49.6 Å². The van der Waals surface area contributed by atoms with Gasteiger partial charge < -0.3 is 24.3 Å². The van der Waals surface area contributed by atoms with Crippen molar-refractivity contribution in [2.24, 2.45) is 5.41 Å². The standard InChI is InChI=1S/C25H27N5O3/c31-24-19-13-18(30-14-25(15-30)16-32-17-25)7-8-21(19)33-12-3-1-2-10-29-11-9-26-23(29)20-5-4-6-22(27-20)28-24/h4-9,11,13H,1-3,10,12,14-17H2,(H,27,28,31). The molecule has 2 fully saturated rings. The van der Waals surface area contributed by atoms with E-state index in [1.54, 1.807) is 12.3 Å². The molecular weight excluding hydrogens is 418 g/mol. The van der Waals surface area contributed by atoms with Gasteiger partial charge in [0.05, 0.1) is 30.8 Å². The van der Waals surface area contributed by atoms with E-state index in [1.807, 2.05) is 36.5 Å². The van der Waals surface area contributed by atoms with Gasteiger partial charge in [-0.15, -0.1) is 0 Å². The Balaban J connectivity index is 1.31. The van der Waals surface area contributed by atoms with E-state index in [1.165, 1.54) is 0 Å². The summed E-state index contributed by atoms with van der Waals surface area (Å²) in [7, 11) is 0. The molecule has 1 N–H and O–H groups in total. The number of imidazole rings is 1. The van der Waals surface area contributed by atoms with Gasteiger partial charge in [0.1, 0.15) is 17.3 Å². The smallest absolute Gasteiger partial charge is 0.260 e. The maximum atomic E-state index is 13.3. The molecule has 6 rings (SSSR count). The van der Waals surface area contributed by atoms with E-state index >= 15 is 0 Å². The first-order valence-electron chi connectivity index (χ1n) is 11.6. The topological polar surface area (TPSA) is 81.5 Å². The van der Waals surface area contributed by atoms with E-state index in [9.17, 15) is 4.79 Å². The molecule has 8 nitrogen and oxygen atoms in total. The predicted octanol–water partition coefficient (Wildman–Crippen LogP) is 3.60. The number of carbonyl (C=O) groups is 1. The number of ether oxygens (including phenoxy) is 2. The minimum atomic E-state index is -0.225. The molecule has 2 bridgehead atoms. The maximum Gasteiger partial charge on any atom is 0.260 e. The normalized spacial score (nSPS) is 19.6. The molecule has 2 saturated heterocycles. The number of carbonyl (C=O) groups excluding carboxylic acids is 1. The molecule has 3 aromatic rings. The molecule has 1 aromatic carbocycles. The number of nitrogens with one attached hydrogen (secondary N) is 1. The third-order valence-electron chi connectivity index (χ3n) is 6.68. The number of hydrogen-bond donors (Lipinski definition) is 1. The predicted molar refractivity (Wildman–Crippen MR) is 125 cm³/mol. The highest BCUT2D eigenvalue weighted by Crippen LogP contribution is 2.41. The van der Waals surface area contributed by atoms with Gasteiger partial charge in [0, 0.05) is 37.7 Å². The number of aryl methyl sites for hydroxylation is 1. The molecule has 170 valence electrons. The lowest BCUT2D eigenvalue weighted by molar-refractivity contribution is -0.127. The molecule has 8 heteroatoms. The van der Waals surface area contributed by atoms with Crippen molar-refractivity contribution in [3.05, 3.63) is 54.4 Å². The van der Waals surface area contributed by atoms with Crippen molar-refractivity contribution in [3.63, 3.8) is 0 Å². The van der Waals surface area contributed by atoms with E-state index in [2.05, 4.69) is 24.8 Å². The summed E-state index contributed by atoms with van der Waals surface area (Å²) in [6, 6.07) is 11.5. The zero-order chi connectivity index (χ0) is 22.3. The quantitative estimate of drug-likeness (QED) is 0.617. The summed E-state index contributed by atoms with van der Waals surface area (Å²) in [6.45, 7) is 5.04. The zero-order valence-corrected chi connectivity index (χ0v) is 18.5. The van der Waals surface area contributed by atoms with Crippen LogP contribution in [0.15, 0.2) is 48.8 Å². The molecule has 1 spiro atoms. The van der Waals surface area contributed by atoms with E-state index in [4.69, 9.17) is 9.47 Å². The minimum Gasteiger partial charge on any atom is -0.493 e. The number of anilines is 2. The van der Waals surface area contributed by atoms with Crippen molar-refractivity contribution in [1.29, 1.82) is 0 Å². The monoisotopic (exact) mass is 445 g/mol. The molecule has 2 aromatic heterocycles. The number of amides is 1. The Labute approximate surface area is 192 Å². The van der Waals surface area contributed by atoms with Crippen molar-refractivity contribution in [2.75, 3.05) is 43.1 Å². The van der Waals surface area contributed by atoms with Crippen LogP contribution in [0, 0.1) is 5.41 Å². The van der Waals surface area contributed by atoms with E-state index < -0.39 is 0 Å². The van der Waals surface area contributed by atoms with E-state index in [0.29, 0.717) is 29.2 Å². The maximum absolute atomic E-state index is 13.3. The van der Waals surface area contributed by atoms with Crippen LogP contribution in [0.25, 0.3) is 11.5 Å². The Morgan fingerprint density at radius 1 is 1.06 bits per heavy atom. The Kier molecular flexibility index (Phi) is 5.02. The molecule has 0 radical (unpaired) electrons. The van der Waals surface area contributed by atoms with Crippen molar-refractivity contribution in [1.82, 2.24) is 14.5 Å². The number of hydrogen-bond acceptors (Lipinski definition) is 6. The molecule has 0 atom stereocenters. The lowest BCUT2D eigenvalue weighted by Gasteiger charge is -2.56. The van der Waals surface area contributed by atoms with Crippen LogP contribution in [-0.4, -0.2) is 53.4 Å². The van der Waals surface area contributed by atoms with Crippen LogP contribution in [0.4, 0.5) is 11.5 Å². The Hall–Kier alpha value is -3.39. The highest BCUT2D eigenvalue weighted by molar-refractivity contribution is 6.06. The first-order valence-corrected chi connectivity index (χ1v) is 11.6. The van der Waals surface area contributed by atoms with Gasteiger partial charge in [0.25, 0.3) is 5.91 Å². The zero-order valence-electron chi connectivity index (χ0n) is 18.5. The SMILES string of the molecule is O=C1Nc2cccc(n2)-c2nccn2CCCCCOc2ccc(N3CC4(COC4)C3)cc21. The molecule has 5 heterocycles. The largest absolute Gasteiger partial charge is 0.493 e. The summed E-state index contributed by atoms with van der Waals surface area (Å²) in [5.74, 6) is 1.69. The van der Waals surface area contributed by atoms with Gasteiger partial charge in [-0.3, -0.25) is 4.79 Å². The summed E-state index contributed by atoms with van der Waals surface area (Å²) >= 11 is 0. The fourth-order valence-corrected chi connectivity index (χ4v) is 4.82. The molecule has 3 aliphatic heterocycles. The second-order valence-corrected chi connectivity index (χ2v) is 9.24. The third-order valence-corrected chi connectivity index (χ3v) is 6.68. The van der Waals surface area contributed by atoms with Crippen molar-refractivity contribution in [2.45, 2.75) is 25.8 Å². The molecule has 0 saturated carbocycles. The molecule has 33 heavy (non-hydrogen) atoms. The lowest BCUT2D eigenvalue weighted by atomic mass is 9.77. The number of aromatic nitrogens is 3. The Bertz CT molecular complexity index is 1180. The van der Waals surface area contributed by atoms with Gasteiger partial charge >= 0.3 is 0 Å². The molecule has 3 aliphatic rings. The van der Waals surface area contributed by atoms with Gasteiger partial charge in [-0.1, -0.05) is 6.07 Å². The van der Waals surface area contributed by atoms with Gasteiger partial charge in [-0.25, -0.2) is 9.97 Å². The number of benzene rings is 1. The molecule has 0 aliphatic carbocycles.